The summed E-state index contributed by atoms with van der Waals surface area (Å²) in [7, 11) is 0. The number of carboxylic acid groups (broad SMARTS) is 1. The summed E-state index contributed by atoms with van der Waals surface area (Å²) in [6, 6.07) is 13.4. The van der Waals surface area contributed by atoms with Gasteiger partial charge in [-0.15, -0.1) is 0 Å². The smallest absolute Gasteiger partial charge is 0.303 e. The van der Waals surface area contributed by atoms with Crippen molar-refractivity contribution in [2.75, 3.05) is 0 Å². The number of benzene rings is 2. The van der Waals surface area contributed by atoms with Gasteiger partial charge >= 0.3 is 5.97 Å². The normalized spacial score (nSPS) is 15.7. The Balaban J connectivity index is 1.46. The summed E-state index contributed by atoms with van der Waals surface area (Å²) < 4.78 is 5.56. The number of carboxylic acids is 1. The van der Waals surface area contributed by atoms with Crippen molar-refractivity contribution in [3.63, 3.8) is 0 Å². The lowest BCUT2D eigenvalue weighted by Gasteiger charge is -2.32. The van der Waals surface area contributed by atoms with Crippen LogP contribution in [0, 0.1) is 0 Å². The van der Waals surface area contributed by atoms with Gasteiger partial charge in [-0.05, 0) is 16.8 Å². The molecule has 5 rings (SSSR count). The minimum atomic E-state index is -1.01. The van der Waals surface area contributed by atoms with Crippen molar-refractivity contribution in [1.29, 1.82) is 0 Å². The molecule has 31 heavy (non-hydrogen) atoms. The Labute approximate surface area is 176 Å². The number of nitrogens with one attached hydrogen (secondary N) is 1. The van der Waals surface area contributed by atoms with Crippen molar-refractivity contribution in [2.45, 2.75) is 31.8 Å². The average molecular weight is 417 g/mol. The van der Waals surface area contributed by atoms with Gasteiger partial charge in [-0.1, -0.05) is 41.6 Å². The Morgan fingerprint density at radius 2 is 2.00 bits per heavy atom. The second kappa shape index (κ2) is 7.67. The third-order valence-electron chi connectivity index (χ3n) is 5.51. The number of aromatic amines is 1. The Bertz CT molecular complexity index is 1280. The highest BCUT2D eigenvalue weighted by atomic mass is 16.5. The number of carbonyl (C=O) groups is 2. The predicted molar refractivity (Wildman–Crippen MR) is 110 cm³/mol. The molecule has 0 spiro atoms. The first-order chi connectivity index (χ1) is 15.1. The van der Waals surface area contributed by atoms with Crippen LogP contribution in [0.5, 0.6) is 0 Å². The number of carbonyl (C=O) groups excluding carboxylic acids is 1. The first-order valence-electron chi connectivity index (χ1n) is 9.93. The molecule has 2 aromatic heterocycles. The van der Waals surface area contributed by atoms with Gasteiger partial charge in [-0.2, -0.15) is 4.98 Å². The third-order valence-corrected chi connectivity index (χ3v) is 5.51. The lowest BCUT2D eigenvalue weighted by Crippen LogP contribution is -2.39. The van der Waals surface area contributed by atoms with Crippen LogP contribution in [0.3, 0.4) is 0 Å². The van der Waals surface area contributed by atoms with Crippen molar-refractivity contribution in [2.24, 2.45) is 0 Å². The van der Waals surface area contributed by atoms with Crippen molar-refractivity contribution < 1.29 is 19.2 Å². The van der Waals surface area contributed by atoms with E-state index in [4.69, 9.17) is 9.63 Å². The maximum Gasteiger partial charge on any atom is 0.303 e. The van der Waals surface area contributed by atoms with E-state index in [9.17, 15) is 9.59 Å². The number of nitrogens with zero attached hydrogens (tertiary/aromatic N) is 4. The molecule has 156 valence electrons. The van der Waals surface area contributed by atoms with Gasteiger partial charge < -0.3 is 19.5 Å². The minimum absolute atomic E-state index is 0.0963. The molecule has 1 amide bonds. The quantitative estimate of drug-likeness (QED) is 0.511. The highest BCUT2D eigenvalue weighted by Gasteiger charge is 2.36. The number of imidazole rings is 1. The Hall–Kier alpha value is -4.01. The molecule has 0 saturated heterocycles. The molecule has 0 fully saturated rings. The Morgan fingerprint density at radius 3 is 2.84 bits per heavy atom. The van der Waals surface area contributed by atoms with Gasteiger partial charge in [0.1, 0.15) is 6.04 Å². The van der Waals surface area contributed by atoms with Crippen molar-refractivity contribution in [3.05, 3.63) is 66.1 Å². The summed E-state index contributed by atoms with van der Waals surface area (Å²) in [5, 5.41) is 15.3. The monoisotopic (exact) mass is 417 g/mol. The van der Waals surface area contributed by atoms with Crippen LogP contribution < -0.4 is 0 Å². The molecule has 0 aliphatic carbocycles. The highest BCUT2D eigenvalue weighted by Crippen LogP contribution is 2.33. The van der Waals surface area contributed by atoms with Gasteiger partial charge in [0.05, 0.1) is 30.7 Å². The van der Waals surface area contributed by atoms with Gasteiger partial charge in [0.25, 0.3) is 0 Å². The number of aromatic nitrogens is 4. The van der Waals surface area contributed by atoms with E-state index in [0.717, 1.165) is 27.7 Å². The van der Waals surface area contributed by atoms with Gasteiger partial charge in [-0.3, -0.25) is 9.59 Å². The van der Waals surface area contributed by atoms with Gasteiger partial charge in [-0.25, -0.2) is 4.98 Å². The van der Waals surface area contributed by atoms with Crippen LogP contribution in [0.2, 0.25) is 0 Å². The molecule has 2 aromatic carbocycles. The number of H-pyrrole nitrogens is 1. The predicted octanol–water partition coefficient (Wildman–Crippen LogP) is 3.10. The molecule has 9 heteroatoms. The molecule has 2 N–H and O–H groups in total. The summed E-state index contributed by atoms with van der Waals surface area (Å²) in [6.07, 6.45) is 1.67. The second-order valence-corrected chi connectivity index (χ2v) is 7.48. The molecule has 1 atom stereocenters. The SMILES string of the molecule is O=C(O)CCC(=O)N1Cc2[nH]cnc2C[C@H]1c1nc(-c2ccc3ccccc3c2)no1. The number of hydrogen-bond donors (Lipinski definition) is 2. The fourth-order valence-corrected chi connectivity index (χ4v) is 3.89. The third kappa shape index (κ3) is 3.65. The molecule has 1 aliphatic heterocycles. The molecule has 0 saturated carbocycles. The van der Waals surface area contributed by atoms with Crippen LogP contribution in [0.4, 0.5) is 0 Å². The topological polar surface area (TPSA) is 125 Å². The summed E-state index contributed by atoms with van der Waals surface area (Å²) in [6.45, 7) is 0.284. The van der Waals surface area contributed by atoms with E-state index in [0.29, 0.717) is 18.1 Å². The zero-order valence-electron chi connectivity index (χ0n) is 16.5. The summed E-state index contributed by atoms with van der Waals surface area (Å²) in [5.41, 5.74) is 2.47. The van der Waals surface area contributed by atoms with Crippen LogP contribution in [-0.2, 0) is 22.6 Å². The molecular formula is C22H19N5O4. The number of fused-ring (bicyclic) bond motifs is 2. The maximum atomic E-state index is 12.8. The van der Waals surface area contributed by atoms with Crippen LogP contribution in [-0.4, -0.2) is 42.0 Å². The first kappa shape index (κ1) is 19.0. The highest BCUT2D eigenvalue weighted by molar-refractivity contribution is 5.86. The Kier molecular flexibility index (Phi) is 4.70. The fourth-order valence-electron chi connectivity index (χ4n) is 3.89. The number of aliphatic carboxylic acids is 1. The average Bonchev–Trinajstić information content (AvgIpc) is 3.45. The molecule has 4 aromatic rings. The lowest BCUT2D eigenvalue weighted by atomic mass is 10.0. The summed E-state index contributed by atoms with van der Waals surface area (Å²) in [4.78, 5) is 37.2. The zero-order chi connectivity index (χ0) is 21.4. The van der Waals surface area contributed by atoms with Crippen molar-refractivity contribution in [3.8, 4) is 11.4 Å². The van der Waals surface area contributed by atoms with E-state index in [1.165, 1.54) is 0 Å². The van der Waals surface area contributed by atoms with E-state index in [-0.39, 0.29) is 25.3 Å². The molecule has 1 aliphatic rings. The molecule has 0 unspecified atom stereocenters. The maximum absolute atomic E-state index is 12.8. The molecule has 9 nitrogen and oxygen atoms in total. The van der Waals surface area contributed by atoms with E-state index in [1.54, 1.807) is 11.2 Å². The van der Waals surface area contributed by atoms with Crippen LogP contribution >= 0.6 is 0 Å². The van der Waals surface area contributed by atoms with Crippen LogP contribution in [0.1, 0.15) is 36.2 Å². The standard InChI is InChI=1S/C22H19N5O4/c28-19(7-8-20(29)30)27-11-17-16(23-12-24-17)10-18(27)22-25-21(26-31-22)15-6-5-13-3-1-2-4-14(13)9-15/h1-6,9,12,18H,7-8,10-11H2,(H,23,24)(H,29,30)/t18-/m0/s1. The number of rotatable bonds is 5. The van der Waals surface area contributed by atoms with Crippen LogP contribution in [0.15, 0.2) is 53.3 Å². The molecular weight excluding hydrogens is 398 g/mol. The zero-order valence-corrected chi connectivity index (χ0v) is 16.5. The second-order valence-electron chi connectivity index (χ2n) is 7.48. The van der Waals surface area contributed by atoms with Gasteiger partial charge in [0.15, 0.2) is 0 Å². The fraction of sp³-hybridized carbons (Fsp3) is 0.227. The van der Waals surface area contributed by atoms with Crippen LogP contribution in [0.25, 0.3) is 22.2 Å². The Morgan fingerprint density at radius 1 is 1.16 bits per heavy atom. The van der Waals surface area contributed by atoms with Crippen molar-refractivity contribution in [1.82, 2.24) is 25.0 Å². The number of hydrogen-bond acceptors (Lipinski definition) is 6. The summed E-state index contributed by atoms with van der Waals surface area (Å²) in [5.74, 6) is -0.550. The summed E-state index contributed by atoms with van der Waals surface area (Å²) >= 11 is 0. The molecule has 0 bridgehead atoms. The van der Waals surface area contributed by atoms with E-state index >= 15 is 0 Å². The van der Waals surface area contributed by atoms with Crippen molar-refractivity contribution >= 4 is 22.6 Å². The van der Waals surface area contributed by atoms with E-state index in [1.807, 2.05) is 42.5 Å². The first-order valence-corrected chi connectivity index (χ1v) is 9.93. The van der Waals surface area contributed by atoms with E-state index in [2.05, 4.69) is 20.1 Å². The number of amides is 1. The minimum Gasteiger partial charge on any atom is -0.481 e. The van der Waals surface area contributed by atoms with Gasteiger partial charge in [0, 0.05) is 18.4 Å². The molecule has 0 radical (unpaired) electrons. The van der Waals surface area contributed by atoms with Gasteiger partial charge in [0.2, 0.25) is 17.6 Å². The lowest BCUT2D eigenvalue weighted by molar-refractivity contribution is -0.142. The molecule has 3 heterocycles. The van der Waals surface area contributed by atoms with E-state index < -0.39 is 12.0 Å². The largest absolute Gasteiger partial charge is 0.481 e.